The van der Waals surface area contributed by atoms with Gasteiger partial charge >= 0.3 is 12.0 Å². The first-order valence-corrected chi connectivity index (χ1v) is 8.72. The van der Waals surface area contributed by atoms with E-state index < -0.39 is 23.0 Å². The molecule has 1 atom stereocenters. The van der Waals surface area contributed by atoms with Gasteiger partial charge in [-0.05, 0) is 43.7 Å². The van der Waals surface area contributed by atoms with E-state index >= 15 is 0 Å². The van der Waals surface area contributed by atoms with Gasteiger partial charge in [-0.1, -0.05) is 18.2 Å². The summed E-state index contributed by atoms with van der Waals surface area (Å²) in [6, 6.07) is 13.5. The summed E-state index contributed by atoms with van der Waals surface area (Å²) in [6.07, 6.45) is 0. The number of rotatable bonds is 5. The molecule has 3 rings (SSSR count). The van der Waals surface area contributed by atoms with Crippen molar-refractivity contribution in [1.29, 1.82) is 0 Å². The van der Waals surface area contributed by atoms with Crippen LogP contribution in [0, 0.1) is 10.1 Å². The van der Waals surface area contributed by atoms with Crippen LogP contribution in [-0.2, 0) is 9.53 Å². The Balaban J connectivity index is 2.09. The molecular weight excluding hydrogens is 362 g/mol. The Bertz CT molecular complexity index is 938. The Morgan fingerprint density at radius 1 is 1.18 bits per heavy atom. The molecule has 1 heterocycles. The average molecular weight is 381 g/mol. The zero-order valence-electron chi connectivity index (χ0n) is 15.4. The number of esters is 1. The van der Waals surface area contributed by atoms with Gasteiger partial charge < -0.3 is 10.1 Å². The van der Waals surface area contributed by atoms with E-state index in [0.717, 1.165) is 0 Å². The van der Waals surface area contributed by atoms with Crippen molar-refractivity contribution in [3.8, 4) is 0 Å². The molecule has 0 spiro atoms. The van der Waals surface area contributed by atoms with Crippen LogP contribution in [0.5, 0.6) is 0 Å². The maximum absolute atomic E-state index is 12.8. The Morgan fingerprint density at radius 2 is 1.82 bits per heavy atom. The molecule has 1 aliphatic heterocycles. The molecule has 0 unspecified atom stereocenters. The molecule has 1 aliphatic rings. The summed E-state index contributed by atoms with van der Waals surface area (Å²) in [5.41, 5.74) is 1.81. The van der Waals surface area contributed by atoms with Crippen LogP contribution in [0.2, 0.25) is 0 Å². The molecule has 28 heavy (non-hydrogen) atoms. The Morgan fingerprint density at radius 3 is 2.39 bits per heavy atom. The molecule has 0 saturated carbocycles. The van der Waals surface area contributed by atoms with Crippen LogP contribution in [-0.4, -0.2) is 23.5 Å². The number of hydrogen-bond acceptors (Lipinski definition) is 5. The van der Waals surface area contributed by atoms with Crippen molar-refractivity contribution >= 4 is 23.4 Å². The lowest BCUT2D eigenvalue weighted by atomic mass is 9.94. The van der Waals surface area contributed by atoms with E-state index in [1.54, 1.807) is 38.1 Å². The number of benzene rings is 2. The van der Waals surface area contributed by atoms with E-state index in [1.165, 1.54) is 29.2 Å². The maximum atomic E-state index is 12.8. The van der Waals surface area contributed by atoms with Gasteiger partial charge in [-0.25, -0.2) is 9.59 Å². The van der Waals surface area contributed by atoms with Gasteiger partial charge in [0.1, 0.15) is 0 Å². The molecule has 2 amide bonds. The molecule has 0 aliphatic carbocycles. The SMILES string of the molecule is CCOC(=O)C1=C(C)N(c2ccccc2)C(=O)N[C@@H]1c1ccc([N+](=O)[O-])cc1. The third-order valence-corrected chi connectivity index (χ3v) is 4.43. The first kappa shape index (κ1) is 19.1. The minimum atomic E-state index is -0.771. The summed E-state index contributed by atoms with van der Waals surface area (Å²) in [4.78, 5) is 37.3. The summed E-state index contributed by atoms with van der Waals surface area (Å²) in [5.74, 6) is -0.552. The Hall–Kier alpha value is -3.68. The highest BCUT2D eigenvalue weighted by Gasteiger charge is 2.37. The number of nitrogens with one attached hydrogen (secondary N) is 1. The third kappa shape index (κ3) is 3.57. The molecule has 8 nitrogen and oxygen atoms in total. The Kier molecular flexibility index (Phi) is 5.39. The largest absolute Gasteiger partial charge is 0.463 e. The van der Waals surface area contributed by atoms with Gasteiger partial charge in [-0.3, -0.25) is 15.0 Å². The topological polar surface area (TPSA) is 102 Å². The number of non-ortho nitro benzene ring substituents is 1. The highest BCUT2D eigenvalue weighted by atomic mass is 16.6. The van der Waals surface area contributed by atoms with Crippen LogP contribution < -0.4 is 10.2 Å². The predicted octanol–water partition coefficient (Wildman–Crippen LogP) is 3.70. The first-order valence-electron chi connectivity index (χ1n) is 8.72. The van der Waals surface area contributed by atoms with Crippen LogP contribution in [0.1, 0.15) is 25.5 Å². The van der Waals surface area contributed by atoms with Crippen molar-refractivity contribution in [2.75, 3.05) is 11.5 Å². The number of ether oxygens (including phenoxy) is 1. The van der Waals surface area contributed by atoms with Crippen LogP contribution in [0.4, 0.5) is 16.2 Å². The molecule has 0 fully saturated rings. The Labute approximate surface area is 161 Å². The molecule has 0 saturated heterocycles. The smallest absolute Gasteiger partial charge is 0.338 e. The minimum Gasteiger partial charge on any atom is -0.463 e. The van der Waals surface area contributed by atoms with Gasteiger partial charge in [0.15, 0.2) is 0 Å². The van der Waals surface area contributed by atoms with Crippen molar-refractivity contribution in [2.45, 2.75) is 19.9 Å². The van der Waals surface area contributed by atoms with Crippen molar-refractivity contribution < 1.29 is 19.2 Å². The van der Waals surface area contributed by atoms with Crippen molar-refractivity contribution in [3.05, 3.63) is 81.5 Å². The average Bonchev–Trinajstić information content (AvgIpc) is 2.68. The van der Waals surface area contributed by atoms with Crippen LogP contribution in [0.15, 0.2) is 65.9 Å². The summed E-state index contributed by atoms with van der Waals surface area (Å²) in [6.45, 7) is 3.56. The number of amides is 2. The lowest BCUT2D eigenvalue weighted by Gasteiger charge is -2.35. The second-order valence-corrected chi connectivity index (χ2v) is 6.12. The maximum Gasteiger partial charge on any atom is 0.338 e. The highest BCUT2D eigenvalue weighted by Crippen LogP contribution is 2.34. The normalized spacial score (nSPS) is 16.6. The number of nitrogens with zero attached hydrogens (tertiary/aromatic N) is 2. The third-order valence-electron chi connectivity index (χ3n) is 4.43. The van der Waals surface area contributed by atoms with Crippen molar-refractivity contribution in [3.63, 3.8) is 0 Å². The first-order chi connectivity index (χ1) is 13.4. The van der Waals surface area contributed by atoms with E-state index in [-0.39, 0.29) is 17.9 Å². The summed E-state index contributed by atoms with van der Waals surface area (Å²) < 4.78 is 5.20. The van der Waals surface area contributed by atoms with E-state index in [0.29, 0.717) is 16.9 Å². The van der Waals surface area contributed by atoms with Gasteiger partial charge in [0.2, 0.25) is 0 Å². The molecular formula is C20H19N3O5. The summed E-state index contributed by atoms with van der Waals surface area (Å²) >= 11 is 0. The zero-order valence-corrected chi connectivity index (χ0v) is 15.4. The van der Waals surface area contributed by atoms with Crippen LogP contribution >= 0.6 is 0 Å². The number of carbonyl (C=O) groups is 2. The van der Waals surface area contributed by atoms with Crippen LogP contribution in [0.25, 0.3) is 0 Å². The number of anilines is 1. The van der Waals surface area contributed by atoms with E-state index in [9.17, 15) is 19.7 Å². The molecule has 1 N–H and O–H groups in total. The molecule has 0 radical (unpaired) electrons. The van der Waals surface area contributed by atoms with Gasteiger partial charge in [-0.2, -0.15) is 0 Å². The fourth-order valence-corrected chi connectivity index (χ4v) is 3.14. The number of urea groups is 1. The lowest BCUT2D eigenvalue weighted by Crippen LogP contribution is -2.48. The van der Waals surface area contributed by atoms with Gasteiger partial charge in [0.25, 0.3) is 5.69 Å². The molecule has 8 heteroatoms. The van der Waals surface area contributed by atoms with E-state index in [2.05, 4.69) is 5.32 Å². The van der Waals surface area contributed by atoms with Crippen molar-refractivity contribution in [2.24, 2.45) is 0 Å². The standard InChI is InChI=1S/C20H19N3O5/c1-3-28-19(24)17-13(2)22(15-7-5-4-6-8-15)20(25)21-18(17)14-9-11-16(12-10-14)23(26)27/h4-12,18H,3H2,1-2H3,(H,21,25)/t18-/m1/s1. The lowest BCUT2D eigenvalue weighted by molar-refractivity contribution is -0.384. The second kappa shape index (κ2) is 7.91. The summed E-state index contributed by atoms with van der Waals surface area (Å²) in [5, 5.41) is 13.7. The minimum absolute atomic E-state index is 0.0739. The number of nitro benzene ring substituents is 1. The number of allylic oxidation sites excluding steroid dienone is 1. The quantitative estimate of drug-likeness (QED) is 0.483. The van der Waals surface area contributed by atoms with E-state index in [4.69, 9.17) is 4.74 Å². The van der Waals surface area contributed by atoms with Gasteiger partial charge in [0.05, 0.1) is 28.8 Å². The van der Waals surface area contributed by atoms with Crippen LogP contribution in [0.3, 0.4) is 0 Å². The predicted molar refractivity (Wildman–Crippen MR) is 103 cm³/mol. The molecule has 144 valence electrons. The molecule has 2 aromatic carbocycles. The number of hydrogen-bond donors (Lipinski definition) is 1. The molecule has 2 aromatic rings. The second-order valence-electron chi connectivity index (χ2n) is 6.12. The van der Waals surface area contributed by atoms with Gasteiger partial charge in [0, 0.05) is 17.8 Å². The van der Waals surface area contributed by atoms with Crippen molar-refractivity contribution in [1.82, 2.24) is 5.32 Å². The fourth-order valence-electron chi connectivity index (χ4n) is 3.14. The summed E-state index contributed by atoms with van der Waals surface area (Å²) in [7, 11) is 0. The zero-order chi connectivity index (χ0) is 20.3. The monoisotopic (exact) mass is 381 g/mol. The highest BCUT2D eigenvalue weighted by molar-refractivity contribution is 6.03. The molecule has 0 aromatic heterocycles. The number of carbonyl (C=O) groups excluding carboxylic acids is 2. The number of nitro groups is 1. The van der Waals surface area contributed by atoms with Gasteiger partial charge in [-0.15, -0.1) is 0 Å². The van der Waals surface area contributed by atoms with E-state index in [1.807, 2.05) is 6.07 Å². The fraction of sp³-hybridized carbons (Fsp3) is 0.200. The molecule has 0 bridgehead atoms. The number of para-hydroxylation sites is 1.